The smallest absolute Gasteiger partial charge is 0.269 e. The van der Waals surface area contributed by atoms with E-state index in [9.17, 15) is 8.42 Å². The first-order valence-corrected chi connectivity index (χ1v) is 6.51. The molecule has 0 aromatic carbocycles. The van der Waals surface area contributed by atoms with Gasteiger partial charge in [-0.1, -0.05) is 0 Å². The zero-order valence-corrected chi connectivity index (χ0v) is 9.13. The molecule has 0 unspecified atom stereocenters. The minimum atomic E-state index is -3.50. The maximum absolute atomic E-state index is 11.3. The molecule has 2 aromatic heterocycles. The molecule has 0 saturated carbocycles. The predicted octanol–water partition coefficient (Wildman–Crippen LogP) is 2.30. The van der Waals surface area contributed by atoms with E-state index in [1.54, 1.807) is 6.07 Å². The lowest BCUT2D eigenvalue weighted by Crippen LogP contribution is -1.99. The third kappa shape index (κ3) is 1.50. The molecule has 0 atom stereocenters. The van der Waals surface area contributed by atoms with E-state index in [0.717, 1.165) is 9.40 Å². The van der Waals surface area contributed by atoms with Crippen molar-refractivity contribution in [3.05, 3.63) is 17.5 Å². The summed E-state index contributed by atoms with van der Waals surface area (Å²) in [7, 11) is -2.33. The molecule has 0 N–H and O–H groups in total. The number of rotatable bonds is 2. The van der Waals surface area contributed by atoms with Crippen molar-refractivity contribution in [3.8, 4) is 0 Å². The van der Waals surface area contributed by atoms with Gasteiger partial charge in [-0.2, -0.15) is 8.42 Å². The van der Waals surface area contributed by atoms with Crippen LogP contribution in [0.25, 0.3) is 9.40 Å². The summed E-state index contributed by atoms with van der Waals surface area (Å²) < 4.78 is 28.2. The van der Waals surface area contributed by atoms with Gasteiger partial charge in [-0.05, 0) is 17.5 Å². The summed E-state index contributed by atoms with van der Waals surface area (Å²) in [4.78, 5) is 0. The lowest BCUT2D eigenvalue weighted by molar-refractivity contribution is 0.399. The van der Waals surface area contributed by atoms with Crippen LogP contribution in [-0.2, 0) is 14.3 Å². The number of hydrogen-bond donors (Lipinski definition) is 0. The largest absolute Gasteiger partial charge is 0.306 e. The monoisotopic (exact) mass is 234 g/mol. The highest BCUT2D eigenvalue weighted by molar-refractivity contribution is 7.89. The summed E-state index contributed by atoms with van der Waals surface area (Å²) in [6.07, 6.45) is 0. The summed E-state index contributed by atoms with van der Waals surface area (Å²) in [6, 6.07) is 3.53. The van der Waals surface area contributed by atoms with Gasteiger partial charge in [0.1, 0.15) is 4.21 Å². The van der Waals surface area contributed by atoms with Gasteiger partial charge in [-0.15, -0.1) is 22.7 Å². The summed E-state index contributed by atoms with van der Waals surface area (Å²) in [5, 5.41) is 2.90. The van der Waals surface area contributed by atoms with E-state index in [2.05, 4.69) is 4.18 Å². The van der Waals surface area contributed by atoms with Crippen LogP contribution in [0.4, 0.5) is 0 Å². The van der Waals surface area contributed by atoms with Crippen LogP contribution in [-0.4, -0.2) is 15.5 Å². The maximum Gasteiger partial charge on any atom is 0.306 e. The minimum Gasteiger partial charge on any atom is -0.269 e. The third-order valence-corrected chi connectivity index (χ3v) is 5.50. The van der Waals surface area contributed by atoms with Crippen molar-refractivity contribution in [2.24, 2.45) is 0 Å². The molecule has 0 aliphatic carbocycles. The minimum absolute atomic E-state index is 0.275. The maximum atomic E-state index is 11.3. The molecule has 0 bridgehead atoms. The molecular formula is C7H6O3S3. The van der Waals surface area contributed by atoms with Crippen LogP contribution < -0.4 is 0 Å². The average Bonchev–Trinajstić information content (AvgIpc) is 2.61. The van der Waals surface area contributed by atoms with Gasteiger partial charge >= 0.3 is 10.1 Å². The fourth-order valence-corrected chi connectivity index (χ4v) is 4.25. The van der Waals surface area contributed by atoms with Gasteiger partial charge in [-0.3, -0.25) is 4.18 Å². The van der Waals surface area contributed by atoms with Crippen LogP contribution in [0.15, 0.2) is 21.7 Å². The van der Waals surface area contributed by atoms with E-state index in [0.29, 0.717) is 0 Å². The highest BCUT2D eigenvalue weighted by Gasteiger charge is 2.16. The van der Waals surface area contributed by atoms with E-state index in [1.807, 2.05) is 11.4 Å². The van der Waals surface area contributed by atoms with Crippen LogP contribution in [0.5, 0.6) is 0 Å². The Morgan fingerprint density at radius 3 is 2.85 bits per heavy atom. The lowest BCUT2D eigenvalue weighted by Gasteiger charge is -1.93. The lowest BCUT2D eigenvalue weighted by atomic mass is 10.4. The van der Waals surface area contributed by atoms with Crippen LogP contribution in [0.1, 0.15) is 0 Å². The zero-order chi connectivity index (χ0) is 9.47. The second-order valence-corrected chi connectivity index (χ2v) is 6.52. The Labute approximate surface area is 83.7 Å². The third-order valence-electron chi connectivity index (χ3n) is 1.59. The van der Waals surface area contributed by atoms with Crippen molar-refractivity contribution in [1.29, 1.82) is 0 Å². The van der Waals surface area contributed by atoms with Gasteiger partial charge in [0.15, 0.2) is 0 Å². The van der Waals surface area contributed by atoms with E-state index >= 15 is 0 Å². The molecule has 0 fully saturated rings. The second kappa shape index (κ2) is 3.06. The Kier molecular flexibility index (Phi) is 2.15. The van der Waals surface area contributed by atoms with E-state index in [4.69, 9.17) is 0 Å². The molecule has 13 heavy (non-hydrogen) atoms. The van der Waals surface area contributed by atoms with Gasteiger partial charge < -0.3 is 0 Å². The molecule has 0 saturated heterocycles. The quantitative estimate of drug-likeness (QED) is 0.749. The van der Waals surface area contributed by atoms with Crippen molar-refractivity contribution in [3.63, 3.8) is 0 Å². The molecule has 70 valence electrons. The first-order chi connectivity index (χ1) is 6.13. The highest BCUT2D eigenvalue weighted by Crippen LogP contribution is 2.33. The van der Waals surface area contributed by atoms with Crippen LogP contribution in [0.2, 0.25) is 0 Å². The average molecular weight is 234 g/mol. The topological polar surface area (TPSA) is 43.4 Å². The Hall–Kier alpha value is -0.430. The molecule has 2 heterocycles. The molecule has 0 aliphatic rings. The summed E-state index contributed by atoms with van der Waals surface area (Å²) in [5.41, 5.74) is 0. The Bertz CT molecular complexity index is 491. The Morgan fingerprint density at radius 1 is 1.46 bits per heavy atom. The zero-order valence-electron chi connectivity index (χ0n) is 6.68. The van der Waals surface area contributed by atoms with Crippen LogP contribution >= 0.6 is 22.7 Å². The molecular weight excluding hydrogens is 228 g/mol. The summed E-state index contributed by atoms with van der Waals surface area (Å²) in [6.45, 7) is 0. The predicted molar refractivity (Wildman–Crippen MR) is 53.9 cm³/mol. The molecule has 3 nitrogen and oxygen atoms in total. The van der Waals surface area contributed by atoms with Crippen molar-refractivity contribution in [1.82, 2.24) is 0 Å². The van der Waals surface area contributed by atoms with Gasteiger partial charge in [-0.25, -0.2) is 0 Å². The molecule has 0 spiro atoms. The summed E-state index contributed by atoms with van der Waals surface area (Å²) in [5.74, 6) is 0. The van der Waals surface area contributed by atoms with Crippen molar-refractivity contribution >= 4 is 42.2 Å². The van der Waals surface area contributed by atoms with Crippen molar-refractivity contribution in [2.45, 2.75) is 4.21 Å². The number of fused-ring (bicyclic) bond motifs is 1. The Morgan fingerprint density at radius 2 is 2.23 bits per heavy atom. The SMILES string of the molecule is COS(=O)(=O)c1cc2ccsc2s1. The van der Waals surface area contributed by atoms with Crippen LogP contribution in [0.3, 0.4) is 0 Å². The van der Waals surface area contributed by atoms with Gasteiger partial charge in [0.25, 0.3) is 0 Å². The molecule has 0 amide bonds. The molecule has 6 heteroatoms. The molecule has 2 aromatic rings. The molecule has 0 radical (unpaired) electrons. The second-order valence-electron chi connectivity index (χ2n) is 2.35. The number of thiophene rings is 2. The van der Waals surface area contributed by atoms with Gasteiger partial charge in [0.2, 0.25) is 0 Å². The van der Waals surface area contributed by atoms with E-state index in [1.165, 1.54) is 29.8 Å². The fraction of sp³-hybridized carbons (Fsp3) is 0.143. The number of hydrogen-bond acceptors (Lipinski definition) is 5. The first kappa shape index (κ1) is 9.14. The summed E-state index contributed by atoms with van der Waals surface area (Å²) >= 11 is 2.77. The Balaban J connectivity index is 2.64. The van der Waals surface area contributed by atoms with Gasteiger partial charge in [0, 0.05) is 5.39 Å². The van der Waals surface area contributed by atoms with E-state index < -0.39 is 10.1 Å². The van der Waals surface area contributed by atoms with Crippen LogP contribution in [0, 0.1) is 0 Å². The van der Waals surface area contributed by atoms with E-state index in [-0.39, 0.29) is 4.21 Å². The molecule has 2 rings (SSSR count). The van der Waals surface area contributed by atoms with Gasteiger partial charge in [0.05, 0.1) is 11.1 Å². The normalized spacial score (nSPS) is 12.4. The first-order valence-electron chi connectivity index (χ1n) is 3.41. The van der Waals surface area contributed by atoms with Crippen molar-refractivity contribution in [2.75, 3.05) is 7.11 Å². The standard InChI is InChI=1S/C7H6O3S3/c1-10-13(8,9)6-4-5-2-3-11-7(5)12-6/h2-4H,1H3. The van der Waals surface area contributed by atoms with Crippen molar-refractivity contribution < 1.29 is 12.6 Å². The highest BCUT2D eigenvalue weighted by atomic mass is 32.3. The fourth-order valence-electron chi connectivity index (χ4n) is 0.948. The molecule has 0 aliphatic heterocycles.